The molecule has 0 N–H and O–H groups in total. The summed E-state index contributed by atoms with van der Waals surface area (Å²) in [5.41, 5.74) is 1.07. The molecule has 1 aromatic rings. The van der Waals surface area contributed by atoms with Crippen molar-refractivity contribution in [2.24, 2.45) is 0 Å². The molecule has 0 saturated heterocycles. The molecule has 2 rings (SSSR count). The highest BCUT2D eigenvalue weighted by atomic mass is 16.2. The fraction of sp³-hybridized carbons (Fsp3) is 0.182. The average molecular weight is 202 g/mol. The van der Waals surface area contributed by atoms with Crippen LogP contribution in [0.3, 0.4) is 0 Å². The maximum absolute atomic E-state index is 11.2. The van der Waals surface area contributed by atoms with Gasteiger partial charge in [-0.05, 0) is 24.1 Å². The molecule has 4 nitrogen and oxygen atoms in total. The van der Waals surface area contributed by atoms with E-state index in [4.69, 9.17) is 0 Å². The van der Waals surface area contributed by atoms with Crippen LogP contribution in [0.5, 0.6) is 0 Å². The Kier molecular flexibility index (Phi) is 2.58. The molecule has 1 aromatic heterocycles. The van der Waals surface area contributed by atoms with Gasteiger partial charge in [0.2, 0.25) is 0 Å². The minimum atomic E-state index is -0.228. The molecule has 2 heterocycles. The third-order valence-corrected chi connectivity index (χ3v) is 2.27. The van der Waals surface area contributed by atoms with Crippen LogP contribution in [0.4, 0.5) is 0 Å². The number of imide groups is 1. The van der Waals surface area contributed by atoms with Gasteiger partial charge in [-0.3, -0.25) is 19.5 Å². The van der Waals surface area contributed by atoms with E-state index >= 15 is 0 Å². The second kappa shape index (κ2) is 4.04. The van der Waals surface area contributed by atoms with Crippen LogP contribution >= 0.6 is 0 Å². The van der Waals surface area contributed by atoms with E-state index in [-0.39, 0.29) is 11.8 Å². The van der Waals surface area contributed by atoms with E-state index < -0.39 is 0 Å². The second-order valence-electron chi connectivity index (χ2n) is 3.27. The minimum Gasteiger partial charge on any atom is -0.275 e. The van der Waals surface area contributed by atoms with E-state index in [0.717, 1.165) is 5.56 Å². The summed E-state index contributed by atoms with van der Waals surface area (Å²) in [7, 11) is 0. The fourth-order valence-corrected chi connectivity index (χ4v) is 1.44. The molecule has 0 spiro atoms. The molecular weight excluding hydrogens is 192 g/mol. The summed E-state index contributed by atoms with van der Waals surface area (Å²) < 4.78 is 0. The first-order chi connectivity index (χ1) is 7.27. The quantitative estimate of drug-likeness (QED) is 0.672. The lowest BCUT2D eigenvalue weighted by Crippen LogP contribution is -2.31. The molecule has 0 fully saturated rings. The van der Waals surface area contributed by atoms with Crippen LogP contribution in [0.2, 0.25) is 0 Å². The second-order valence-corrected chi connectivity index (χ2v) is 3.27. The molecule has 0 atom stereocenters. The highest BCUT2D eigenvalue weighted by Crippen LogP contribution is 2.06. The van der Waals surface area contributed by atoms with Crippen molar-refractivity contribution < 1.29 is 9.59 Å². The van der Waals surface area contributed by atoms with Crippen LogP contribution in [-0.4, -0.2) is 28.2 Å². The van der Waals surface area contributed by atoms with E-state index in [1.807, 2.05) is 12.1 Å². The van der Waals surface area contributed by atoms with E-state index in [9.17, 15) is 9.59 Å². The SMILES string of the molecule is O=C1C=CC(=O)N1CCc1ccncc1. The molecule has 0 aromatic carbocycles. The van der Waals surface area contributed by atoms with Crippen LogP contribution in [0.15, 0.2) is 36.7 Å². The summed E-state index contributed by atoms with van der Waals surface area (Å²) >= 11 is 0. The molecule has 76 valence electrons. The average Bonchev–Trinajstić information content (AvgIpc) is 2.58. The number of carbonyl (C=O) groups is 2. The van der Waals surface area contributed by atoms with Gasteiger partial charge < -0.3 is 0 Å². The monoisotopic (exact) mass is 202 g/mol. The Labute approximate surface area is 87.2 Å². The largest absolute Gasteiger partial charge is 0.275 e. The molecule has 0 aliphatic carbocycles. The van der Waals surface area contributed by atoms with Gasteiger partial charge >= 0.3 is 0 Å². The van der Waals surface area contributed by atoms with Crippen molar-refractivity contribution in [3.8, 4) is 0 Å². The van der Waals surface area contributed by atoms with Crippen molar-refractivity contribution in [1.29, 1.82) is 0 Å². The summed E-state index contributed by atoms with van der Waals surface area (Å²) in [6.07, 6.45) is 6.66. The Morgan fingerprint density at radius 3 is 2.27 bits per heavy atom. The molecule has 0 unspecified atom stereocenters. The van der Waals surface area contributed by atoms with Crippen LogP contribution in [0, 0.1) is 0 Å². The van der Waals surface area contributed by atoms with Crippen LogP contribution < -0.4 is 0 Å². The Balaban J connectivity index is 1.95. The Bertz CT molecular complexity index is 394. The third kappa shape index (κ3) is 2.10. The van der Waals surface area contributed by atoms with Gasteiger partial charge in [0.25, 0.3) is 11.8 Å². The zero-order chi connectivity index (χ0) is 10.7. The van der Waals surface area contributed by atoms with Crippen molar-refractivity contribution in [3.63, 3.8) is 0 Å². The predicted molar refractivity (Wildman–Crippen MR) is 53.8 cm³/mol. The molecule has 0 radical (unpaired) electrons. The minimum absolute atomic E-state index is 0.228. The lowest BCUT2D eigenvalue weighted by atomic mass is 10.2. The summed E-state index contributed by atoms with van der Waals surface area (Å²) in [6, 6.07) is 3.75. The molecule has 0 saturated carbocycles. The Morgan fingerprint density at radius 1 is 1.07 bits per heavy atom. The maximum atomic E-state index is 11.2. The van der Waals surface area contributed by atoms with Crippen molar-refractivity contribution in [2.45, 2.75) is 6.42 Å². The van der Waals surface area contributed by atoms with Gasteiger partial charge in [0.1, 0.15) is 0 Å². The molecule has 4 heteroatoms. The molecule has 1 aliphatic heterocycles. The number of pyridine rings is 1. The smallest absolute Gasteiger partial charge is 0.253 e. The first-order valence-corrected chi connectivity index (χ1v) is 4.70. The van der Waals surface area contributed by atoms with Gasteiger partial charge in [-0.1, -0.05) is 0 Å². The zero-order valence-corrected chi connectivity index (χ0v) is 8.09. The van der Waals surface area contributed by atoms with E-state index in [1.165, 1.54) is 17.1 Å². The lowest BCUT2D eigenvalue weighted by Gasteiger charge is -2.12. The molecular formula is C11H10N2O2. The van der Waals surface area contributed by atoms with E-state index in [1.54, 1.807) is 12.4 Å². The first kappa shape index (κ1) is 9.58. The molecule has 1 aliphatic rings. The Morgan fingerprint density at radius 2 is 1.67 bits per heavy atom. The zero-order valence-electron chi connectivity index (χ0n) is 8.09. The normalized spacial score (nSPS) is 15.1. The summed E-state index contributed by atoms with van der Waals surface area (Å²) in [6.45, 7) is 0.425. The number of hydrogen-bond donors (Lipinski definition) is 0. The number of carbonyl (C=O) groups excluding carboxylic acids is 2. The van der Waals surface area contributed by atoms with Gasteiger partial charge in [0.05, 0.1) is 0 Å². The number of nitrogens with zero attached hydrogens (tertiary/aromatic N) is 2. The van der Waals surface area contributed by atoms with Gasteiger partial charge in [-0.15, -0.1) is 0 Å². The van der Waals surface area contributed by atoms with Gasteiger partial charge in [0.15, 0.2) is 0 Å². The summed E-state index contributed by atoms with van der Waals surface area (Å²) in [5.74, 6) is -0.455. The van der Waals surface area contributed by atoms with Crippen molar-refractivity contribution in [2.75, 3.05) is 6.54 Å². The molecule has 0 bridgehead atoms. The highest BCUT2D eigenvalue weighted by Gasteiger charge is 2.22. The maximum Gasteiger partial charge on any atom is 0.253 e. The molecule has 2 amide bonds. The number of rotatable bonds is 3. The van der Waals surface area contributed by atoms with Gasteiger partial charge in [-0.25, -0.2) is 0 Å². The van der Waals surface area contributed by atoms with Crippen LogP contribution in [0.25, 0.3) is 0 Å². The topological polar surface area (TPSA) is 50.3 Å². The van der Waals surface area contributed by atoms with Crippen molar-refractivity contribution in [1.82, 2.24) is 9.88 Å². The number of aromatic nitrogens is 1. The van der Waals surface area contributed by atoms with Gasteiger partial charge in [-0.2, -0.15) is 0 Å². The standard InChI is InChI=1S/C11H10N2O2/c14-10-1-2-11(15)13(10)8-5-9-3-6-12-7-4-9/h1-4,6-7H,5,8H2. The highest BCUT2D eigenvalue weighted by molar-refractivity contribution is 6.12. The van der Waals surface area contributed by atoms with Crippen LogP contribution in [-0.2, 0) is 16.0 Å². The fourth-order valence-electron chi connectivity index (χ4n) is 1.44. The Hall–Kier alpha value is -1.97. The number of amides is 2. The third-order valence-electron chi connectivity index (χ3n) is 2.27. The summed E-state index contributed by atoms with van der Waals surface area (Å²) in [5, 5.41) is 0. The van der Waals surface area contributed by atoms with Gasteiger partial charge in [0, 0.05) is 31.1 Å². The van der Waals surface area contributed by atoms with E-state index in [0.29, 0.717) is 13.0 Å². The summed E-state index contributed by atoms with van der Waals surface area (Å²) in [4.78, 5) is 27.6. The molecule has 15 heavy (non-hydrogen) atoms. The van der Waals surface area contributed by atoms with Crippen molar-refractivity contribution >= 4 is 11.8 Å². The van der Waals surface area contributed by atoms with Crippen LogP contribution in [0.1, 0.15) is 5.56 Å². The first-order valence-electron chi connectivity index (χ1n) is 4.70. The van der Waals surface area contributed by atoms with Crippen molar-refractivity contribution in [3.05, 3.63) is 42.2 Å². The number of hydrogen-bond acceptors (Lipinski definition) is 3. The predicted octanol–water partition coefficient (Wildman–Crippen LogP) is 0.549. The lowest BCUT2D eigenvalue weighted by molar-refractivity contribution is -0.136. The van der Waals surface area contributed by atoms with E-state index in [2.05, 4.69) is 4.98 Å².